The SMILES string of the molecule is CCCNCc1nc2c(N3CCN(C)CC3)cccc2[nH]1.c1cnc2c(c1)CCCC2. The molecular formula is C25H36N6. The summed E-state index contributed by atoms with van der Waals surface area (Å²) in [7, 11) is 2.18. The zero-order valence-electron chi connectivity index (χ0n) is 19.0. The minimum Gasteiger partial charge on any atom is -0.367 e. The number of rotatable bonds is 5. The van der Waals surface area contributed by atoms with Gasteiger partial charge in [-0.3, -0.25) is 4.98 Å². The standard InChI is InChI=1S/C16H25N5.C9H11N/c1-3-7-17-12-15-18-13-5-4-6-14(16(13)19-15)21-10-8-20(2)9-11-21;1-2-6-9-8(4-1)5-3-7-10-9/h4-6,17H,3,7-12H2,1-2H3,(H,18,19);3,5,7H,1-2,4,6H2. The first-order valence-electron chi connectivity index (χ1n) is 11.8. The minimum atomic E-state index is 0.810. The Morgan fingerprint density at radius 2 is 1.87 bits per heavy atom. The molecule has 3 aromatic rings. The van der Waals surface area contributed by atoms with Crippen molar-refractivity contribution in [1.82, 2.24) is 25.2 Å². The van der Waals surface area contributed by atoms with Crippen molar-refractivity contribution in [3.63, 3.8) is 0 Å². The first-order valence-corrected chi connectivity index (χ1v) is 11.8. The van der Waals surface area contributed by atoms with E-state index in [1.165, 1.54) is 42.6 Å². The van der Waals surface area contributed by atoms with Crippen LogP contribution in [-0.2, 0) is 19.4 Å². The summed E-state index contributed by atoms with van der Waals surface area (Å²) < 4.78 is 0. The average Bonchev–Trinajstić information content (AvgIpc) is 3.23. The number of aromatic nitrogens is 3. The quantitative estimate of drug-likeness (QED) is 0.615. The van der Waals surface area contributed by atoms with Gasteiger partial charge in [-0.25, -0.2) is 4.98 Å². The van der Waals surface area contributed by atoms with E-state index < -0.39 is 0 Å². The number of para-hydroxylation sites is 1. The highest BCUT2D eigenvalue weighted by molar-refractivity contribution is 5.89. The maximum atomic E-state index is 4.81. The molecule has 6 heteroatoms. The van der Waals surface area contributed by atoms with Gasteiger partial charge in [-0.15, -0.1) is 0 Å². The molecule has 5 rings (SSSR count). The largest absolute Gasteiger partial charge is 0.367 e. The van der Waals surface area contributed by atoms with E-state index in [1.807, 2.05) is 12.3 Å². The lowest BCUT2D eigenvalue weighted by atomic mass is 9.96. The van der Waals surface area contributed by atoms with Crippen LogP contribution in [0.1, 0.15) is 43.3 Å². The fourth-order valence-corrected chi connectivity index (χ4v) is 4.37. The number of hydrogen-bond acceptors (Lipinski definition) is 5. The van der Waals surface area contributed by atoms with E-state index in [9.17, 15) is 0 Å². The van der Waals surface area contributed by atoms with Crippen LogP contribution >= 0.6 is 0 Å². The van der Waals surface area contributed by atoms with Gasteiger partial charge in [0, 0.05) is 38.1 Å². The van der Waals surface area contributed by atoms with Gasteiger partial charge in [-0.2, -0.15) is 0 Å². The molecule has 1 fully saturated rings. The number of H-pyrrole nitrogens is 1. The Kier molecular flexibility index (Phi) is 7.54. The summed E-state index contributed by atoms with van der Waals surface area (Å²) in [6, 6.07) is 10.7. The molecular weight excluding hydrogens is 384 g/mol. The second kappa shape index (κ2) is 10.7. The molecule has 1 aromatic carbocycles. The van der Waals surface area contributed by atoms with Gasteiger partial charge in [0.15, 0.2) is 0 Å². The Morgan fingerprint density at radius 3 is 2.68 bits per heavy atom. The molecule has 2 aliphatic rings. The van der Waals surface area contributed by atoms with Gasteiger partial charge < -0.3 is 20.1 Å². The molecule has 2 N–H and O–H groups in total. The minimum absolute atomic E-state index is 0.810. The van der Waals surface area contributed by atoms with E-state index in [4.69, 9.17) is 4.98 Å². The molecule has 2 aromatic heterocycles. The molecule has 1 aliphatic heterocycles. The van der Waals surface area contributed by atoms with Crippen LogP contribution in [0.3, 0.4) is 0 Å². The summed E-state index contributed by atoms with van der Waals surface area (Å²) in [6.45, 7) is 8.40. The Balaban J connectivity index is 0.000000192. The number of nitrogens with one attached hydrogen (secondary N) is 2. The lowest BCUT2D eigenvalue weighted by Crippen LogP contribution is -2.44. The van der Waals surface area contributed by atoms with Crippen LogP contribution in [0.4, 0.5) is 5.69 Å². The number of aryl methyl sites for hydroxylation is 2. The highest BCUT2D eigenvalue weighted by Crippen LogP contribution is 2.26. The van der Waals surface area contributed by atoms with Crippen LogP contribution in [0.2, 0.25) is 0 Å². The van der Waals surface area contributed by atoms with Crippen LogP contribution in [0.15, 0.2) is 36.5 Å². The maximum Gasteiger partial charge on any atom is 0.121 e. The topological polar surface area (TPSA) is 60.1 Å². The highest BCUT2D eigenvalue weighted by Gasteiger charge is 2.17. The predicted octanol–water partition coefficient (Wildman–Crippen LogP) is 3.77. The number of fused-ring (bicyclic) bond motifs is 2. The fraction of sp³-hybridized carbons (Fsp3) is 0.520. The van der Waals surface area contributed by atoms with Crippen LogP contribution in [-0.4, -0.2) is 59.6 Å². The lowest BCUT2D eigenvalue weighted by Gasteiger charge is -2.34. The van der Waals surface area contributed by atoms with E-state index in [1.54, 1.807) is 0 Å². The molecule has 0 bridgehead atoms. The summed E-state index contributed by atoms with van der Waals surface area (Å²) in [5, 5.41) is 3.40. The van der Waals surface area contributed by atoms with E-state index in [2.05, 4.69) is 63.3 Å². The van der Waals surface area contributed by atoms with Crippen LogP contribution in [0.5, 0.6) is 0 Å². The summed E-state index contributed by atoms with van der Waals surface area (Å²) in [4.78, 5) is 17.4. The third-order valence-corrected chi connectivity index (χ3v) is 6.20. The lowest BCUT2D eigenvalue weighted by molar-refractivity contribution is 0.313. The summed E-state index contributed by atoms with van der Waals surface area (Å²) in [5.41, 5.74) is 6.30. The number of aromatic amines is 1. The van der Waals surface area contributed by atoms with Gasteiger partial charge in [0.1, 0.15) is 11.3 Å². The van der Waals surface area contributed by atoms with E-state index in [0.717, 1.165) is 62.5 Å². The van der Waals surface area contributed by atoms with Crippen molar-refractivity contribution in [1.29, 1.82) is 0 Å². The molecule has 1 aliphatic carbocycles. The second-order valence-electron chi connectivity index (χ2n) is 8.64. The Hall–Kier alpha value is -2.44. The first-order chi connectivity index (χ1) is 15.2. The molecule has 0 amide bonds. The van der Waals surface area contributed by atoms with E-state index >= 15 is 0 Å². The van der Waals surface area contributed by atoms with Crippen molar-refractivity contribution >= 4 is 16.7 Å². The molecule has 0 unspecified atom stereocenters. The molecule has 166 valence electrons. The van der Waals surface area contributed by atoms with Crippen molar-refractivity contribution in [3.8, 4) is 0 Å². The second-order valence-corrected chi connectivity index (χ2v) is 8.64. The number of imidazole rings is 1. The van der Waals surface area contributed by atoms with Crippen LogP contribution in [0, 0.1) is 0 Å². The van der Waals surface area contributed by atoms with Gasteiger partial charge in [0.25, 0.3) is 0 Å². The van der Waals surface area contributed by atoms with Gasteiger partial charge in [-0.05, 0) is 69.5 Å². The molecule has 0 saturated carbocycles. The molecule has 6 nitrogen and oxygen atoms in total. The van der Waals surface area contributed by atoms with Gasteiger partial charge in [0.05, 0.1) is 17.7 Å². The number of anilines is 1. The highest BCUT2D eigenvalue weighted by atomic mass is 15.3. The van der Waals surface area contributed by atoms with Crippen molar-refractivity contribution in [2.75, 3.05) is 44.7 Å². The van der Waals surface area contributed by atoms with Crippen molar-refractivity contribution in [2.24, 2.45) is 0 Å². The van der Waals surface area contributed by atoms with Crippen molar-refractivity contribution < 1.29 is 0 Å². The zero-order chi connectivity index (χ0) is 21.5. The normalized spacial score (nSPS) is 16.6. The summed E-state index contributed by atoms with van der Waals surface area (Å²) >= 11 is 0. The number of nitrogens with zero attached hydrogens (tertiary/aromatic N) is 4. The monoisotopic (exact) mass is 420 g/mol. The third-order valence-electron chi connectivity index (χ3n) is 6.20. The summed E-state index contributed by atoms with van der Waals surface area (Å²) in [5.74, 6) is 1.03. The Labute approximate surface area is 186 Å². The number of benzene rings is 1. The number of likely N-dealkylation sites (N-methyl/N-ethyl adjacent to an activating group) is 1. The molecule has 3 heterocycles. The van der Waals surface area contributed by atoms with Gasteiger partial charge in [-0.1, -0.05) is 19.1 Å². The Morgan fingerprint density at radius 1 is 1.03 bits per heavy atom. The number of piperazine rings is 1. The van der Waals surface area contributed by atoms with Crippen molar-refractivity contribution in [3.05, 3.63) is 53.6 Å². The predicted molar refractivity (Wildman–Crippen MR) is 129 cm³/mol. The third kappa shape index (κ3) is 5.63. The first kappa shape index (κ1) is 21.8. The van der Waals surface area contributed by atoms with Crippen LogP contribution < -0.4 is 10.2 Å². The van der Waals surface area contributed by atoms with Gasteiger partial charge >= 0.3 is 0 Å². The van der Waals surface area contributed by atoms with E-state index in [0.29, 0.717) is 0 Å². The number of pyridine rings is 1. The summed E-state index contributed by atoms with van der Waals surface area (Å²) in [6.07, 6.45) is 8.14. The molecule has 1 saturated heterocycles. The van der Waals surface area contributed by atoms with Gasteiger partial charge in [0.2, 0.25) is 0 Å². The molecule has 0 radical (unpaired) electrons. The van der Waals surface area contributed by atoms with E-state index in [-0.39, 0.29) is 0 Å². The number of hydrogen-bond donors (Lipinski definition) is 2. The molecule has 0 atom stereocenters. The Bertz CT molecular complexity index is 933. The van der Waals surface area contributed by atoms with Crippen LogP contribution in [0.25, 0.3) is 11.0 Å². The van der Waals surface area contributed by atoms with Crippen molar-refractivity contribution in [2.45, 2.75) is 45.6 Å². The average molecular weight is 421 g/mol. The smallest absolute Gasteiger partial charge is 0.121 e. The fourth-order valence-electron chi connectivity index (χ4n) is 4.37. The zero-order valence-corrected chi connectivity index (χ0v) is 19.0. The molecule has 0 spiro atoms. The molecule has 31 heavy (non-hydrogen) atoms. The maximum absolute atomic E-state index is 4.81.